The summed E-state index contributed by atoms with van der Waals surface area (Å²) in [5.74, 6) is 2.53. The minimum absolute atomic E-state index is 0.0159. The van der Waals surface area contributed by atoms with E-state index in [-0.39, 0.29) is 6.04 Å². The topological polar surface area (TPSA) is 68.5 Å². The van der Waals surface area contributed by atoms with E-state index in [1.165, 1.54) is 0 Å². The Hall–Kier alpha value is -2.97. The summed E-state index contributed by atoms with van der Waals surface area (Å²) in [6, 6.07) is 16.2. The lowest BCUT2D eigenvalue weighted by molar-refractivity contribution is 0.121. The lowest BCUT2D eigenvalue weighted by Crippen LogP contribution is -2.46. The third kappa shape index (κ3) is 4.44. The Labute approximate surface area is 177 Å². The first kappa shape index (κ1) is 20.3. The van der Waals surface area contributed by atoms with Crippen LogP contribution in [0.5, 0.6) is 11.5 Å². The lowest BCUT2D eigenvalue weighted by atomic mass is 10.0. The average molecular weight is 409 g/mol. The number of likely N-dealkylation sites (N-methyl/N-ethyl adjacent to an activating group) is 1. The van der Waals surface area contributed by atoms with Crippen LogP contribution < -0.4 is 9.47 Å². The van der Waals surface area contributed by atoms with Gasteiger partial charge in [0.1, 0.15) is 11.5 Å². The molecule has 1 aromatic heterocycles. The van der Waals surface area contributed by atoms with Crippen molar-refractivity contribution in [1.82, 2.24) is 30.0 Å². The van der Waals surface area contributed by atoms with E-state index < -0.39 is 0 Å². The van der Waals surface area contributed by atoms with Crippen molar-refractivity contribution in [2.24, 2.45) is 0 Å². The largest absolute Gasteiger partial charge is 0.497 e. The summed E-state index contributed by atoms with van der Waals surface area (Å²) in [7, 11) is 5.51. The van der Waals surface area contributed by atoms with Crippen LogP contribution in [0.15, 0.2) is 48.5 Å². The normalized spacial score (nSPS) is 16.4. The zero-order valence-electron chi connectivity index (χ0n) is 17.7. The maximum Gasteiger partial charge on any atom is 0.173 e. The predicted octanol–water partition coefficient (Wildman–Crippen LogP) is 2.08. The molecule has 2 aromatic carbocycles. The van der Waals surface area contributed by atoms with Crippen molar-refractivity contribution in [3.8, 4) is 11.5 Å². The van der Waals surface area contributed by atoms with Gasteiger partial charge in [0, 0.05) is 26.2 Å². The van der Waals surface area contributed by atoms with Crippen molar-refractivity contribution in [2.75, 3.05) is 47.4 Å². The summed E-state index contributed by atoms with van der Waals surface area (Å²) in [6.45, 7) is 4.57. The molecule has 0 N–H and O–H groups in total. The standard InChI is InChI=1S/C22H28N6O2/c1-26-12-14-27(15-13-26)21(18-6-10-20(30-3)11-7-18)22-23-24-25-28(22)16-17-4-8-19(29-2)9-5-17/h4-11,21H,12-16H2,1-3H3. The smallest absolute Gasteiger partial charge is 0.173 e. The van der Waals surface area contributed by atoms with Gasteiger partial charge >= 0.3 is 0 Å². The Bertz CT molecular complexity index is 933. The summed E-state index contributed by atoms with van der Waals surface area (Å²) in [5.41, 5.74) is 2.28. The Balaban J connectivity index is 1.65. The Morgan fingerprint density at radius 3 is 2.07 bits per heavy atom. The fourth-order valence-electron chi connectivity index (χ4n) is 3.81. The highest BCUT2D eigenvalue weighted by molar-refractivity contribution is 5.32. The van der Waals surface area contributed by atoms with Gasteiger partial charge in [-0.25, -0.2) is 4.68 Å². The van der Waals surface area contributed by atoms with E-state index in [4.69, 9.17) is 9.47 Å². The van der Waals surface area contributed by atoms with E-state index in [0.29, 0.717) is 6.54 Å². The van der Waals surface area contributed by atoms with Crippen molar-refractivity contribution < 1.29 is 9.47 Å². The molecule has 158 valence electrons. The molecule has 0 amide bonds. The summed E-state index contributed by atoms with van der Waals surface area (Å²) in [6.07, 6.45) is 0. The van der Waals surface area contributed by atoms with E-state index in [2.05, 4.69) is 44.5 Å². The van der Waals surface area contributed by atoms with Crippen LogP contribution >= 0.6 is 0 Å². The van der Waals surface area contributed by atoms with Crippen molar-refractivity contribution in [3.63, 3.8) is 0 Å². The van der Waals surface area contributed by atoms with Crippen LogP contribution in [-0.2, 0) is 6.54 Å². The van der Waals surface area contributed by atoms with Crippen molar-refractivity contribution in [1.29, 1.82) is 0 Å². The molecule has 8 heteroatoms. The Morgan fingerprint density at radius 2 is 1.47 bits per heavy atom. The van der Waals surface area contributed by atoms with Crippen molar-refractivity contribution in [3.05, 3.63) is 65.5 Å². The average Bonchev–Trinajstić information content (AvgIpc) is 3.24. The number of hydrogen-bond donors (Lipinski definition) is 0. The first-order valence-corrected chi connectivity index (χ1v) is 10.1. The van der Waals surface area contributed by atoms with E-state index in [1.807, 2.05) is 41.1 Å². The zero-order chi connectivity index (χ0) is 20.9. The van der Waals surface area contributed by atoms with Gasteiger partial charge in [0.25, 0.3) is 0 Å². The highest BCUT2D eigenvalue weighted by Crippen LogP contribution is 2.29. The third-order valence-corrected chi connectivity index (χ3v) is 5.63. The maximum absolute atomic E-state index is 5.34. The first-order chi connectivity index (χ1) is 14.7. The fourth-order valence-corrected chi connectivity index (χ4v) is 3.81. The van der Waals surface area contributed by atoms with Crippen LogP contribution in [0.4, 0.5) is 0 Å². The minimum Gasteiger partial charge on any atom is -0.497 e. The quantitative estimate of drug-likeness (QED) is 0.593. The van der Waals surface area contributed by atoms with Gasteiger partial charge in [-0.05, 0) is 52.9 Å². The lowest BCUT2D eigenvalue weighted by Gasteiger charge is -2.37. The van der Waals surface area contributed by atoms with E-state index in [0.717, 1.165) is 54.6 Å². The molecule has 0 saturated carbocycles. The van der Waals surface area contributed by atoms with E-state index in [1.54, 1.807) is 14.2 Å². The molecule has 0 spiro atoms. The number of ether oxygens (including phenoxy) is 2. The fraction of sp³-hybridized carbons (Fsp3) is 0.409. The van der Waals surface area contributed by atoms with Gasteiger partial charge < -0.3 is 14.4 Å². The highest BCUT2D eigenvalue weighted by atomic mass is 16.5. The molecule has 1 atom stereocenters. The monoisotopic (exact) mass is 408 g/mol. The molecule has 0 radical (unpaired) electrons. The molecule has 1 saturated heterocycles. The number of nitrogens with zero attached hydrogens (tertiary/aromatic N) is 6. The van der Waals surface area contributed by atoms with Crippen LogP contribution in [0.1, 0.15) is 23.0 Å². The third-order valence-electron chi connectivity index (χ3n) is 5.63. The zero-order valence-corrected chi connectivity index (χ0v) is 17.7. The van der Waals surface area contributed by atoms with Crippen LogP contribution in [0.25, 0.3) is 0 Å². The van der Waals surface area contributed by atoms with Gasteiger partial charge in [0.2, 0.25) is 0 Å². The molecule has 8 nitrogen and oxygen atoms in total. The molecule has 1 aliphatic rings. The number of piperazine rings is 1. The molecular formula is C22H28N6O2. The van der Waals surface area contributed by atoms with Crippen molar-refractivity contribution >= 4 is 0 Å². The molecular weight excluding hydrogens is 380 g/mol. The summed E-state index contributed by atoms with van der Waals surface area (Å²) < 4.78 is 12.5. The van der Waals surface area contributed by atoms with E-state index in [9.17, 15) is 0 Å². The SMILES string of the molecule is COc1ccc(Cn2nnnc2C(c2ccc(OC)cc2)N2CCN(C)CC2)cc1. The van der Waals surface area contributed by atoms with Gasteiger partial charge in [-0.2, -0.15) is 0 Å². The molecule has 1 fully saturated rings. The molecule has 0 bridgehead atoms. The van der Waals surface area contributed by atoms with Gasteiger partial charge in [0.15, 0.2) is 5.82 Å². The summed E-state index contributed by atoms with van der Waals surface area (Å²) in [4.78, 5) is 4.81. The minimum atomic E-state index is -0.0159. The second kappa shape index (κ2) is 9.23. The molecule has 3 aromatic rings. The molecule has 1 aliphatic heterocycles. The van der Waals surface area contributed by atoms with Crippen LogP contribution in [0.3, 0.4) is 0 Å². The first-order valence-electron chi connectivity index (χ1n) is 10.1. The number of hydrogen-bond acceptors (Lipinski definition) is 7. The number of aromatic nitrogens is 4. The molecule has 1 unspecified atom stereocenters. The van der Waals surface area contributed by atoms with Crippen LogP contribution in [0, 0.1) is 0 Å². The number of methoxy groups -OCH3 is 2. The number of tetrazole rings is 1. The van der Waals surface area contributed by atoms with Crippen molar-refractivity contribution in [2.45, 2.75) is 12.6 Å². The van der Waals surface area contributed by atoms with E-state index >= 15 is 0 Å². The Morgan fingerprint density at radius 1 is 0.867 bits per heavy atom. The number of benzene rings is 2. The summed E-state index contributed by atoms with van der Waals surface area (Å²) >= 11 is 0. The van der Waals surface area contributed by atoms with Gasteiger partial charge in [0.05, 0.1) is 26.8 Å². The second-order valence-electron chi connectivity index (χ2n) is 7.56. The molecule has 2 heterocycles. The van der Waals surface area contributed by atoms with Gasteiger partial charge in [-0.1, -0.05) is 24.3 Å². The maximum atomic E-state index is 5.34. The second-order valence-corrected chi connectivity index (χ2v) is 7.56. The van der Waals surface area contributed by atoms with Crippen LogP contribution in [0.2, 0.25) is 0 Å². The number of rotatable bonds is 7. The summed E-state index contributed by atoms with van der Waals surface area (Å²) in [5, 5.41) is 12.8. The predicted molar refractivity (Wildman–Crippen MR) is 114 cm³/mol. The molecule has 4 rings (SSSR count). The van der Waals surface area contributed by atoms with Gasteiger partial charge in [-0.3, -0.25) is 4.90 Å². The molecule has 0 aliphatic carbocycles. The van der Waals surface area contributed by atoms with Gasteiger partial charge in [-0.15, -0.1) is 5.10 Å². The van der Waals surface area contributed by atoms with Crippen LogP contribution in [-0.4, -0.2) is 77.5 Å². The highest BCUT2D eigenvalue weighted by Gasteiger charge is 2.30. The molecule has 30 heavy (non-hydrogen) atoms. The Kier molecular flexibility index (Phi) is 6.25.